The third-order valence-corrected chi connectivity index (χ3v) is 2.99. The topological polar surface area (TPSA) is 38.7 Å². The second kappa shape index (κ2) is 5.13. The van der Waals surface area contributed by atoms with Gasteiger partial charge in [0.15, 0.2) is 5.70 Å². The first-order chi connectivity index (χ1) is 9.72. The van der Waals surface area contributed by atoms with E-state index >= 15 is 0 Å². The number of carbonyl (C=O) groups is 1. The van der Waals surface area contributed by atoms with Crippen molar-refractivity contribution >= 4 is 17.9 Å². The van der Waals surface area contributed by atoms with Gasteiger partial charge in [-0.25, -0.2) is 9.79 Å². The average Bonchev–Trinajstić information content (AvgIpc) is 2.81. The molecular formula is C17H13NO2. The number of carbonyl (C=O) groups excluding carboxylic acids is 1. The first kappa shape index (κ1) is 12.4. The van der Waals surface area contributed by atoms with Gasteiger partial charge in [-0.05, 0) is 30.7 Å². The molecule has 2 aromatic rings. The Morgan fingerprint density at radius 3 is 2.60 bits per heavy atom. The molecule has 0 aromatic heterocycles. The van der Waals surface area contributed by atoms with Crippen LogP contribution in [0.15, 0.2) is 65.3 Å². The molecule has 0 spiro atoms. The molecule has 0 saturated carbocycles. The highest BCUT2D eigenvalue weighted by Crippen LogP contribution is 2.19. The summed E-state index contributed by atoms with van der Waals surface area (Å²) in [6.07, 6.45) is 1.73. The smallest absolute Gasteiger partial charge is 0.363 e. The van der Waals surface area contributed by atoms with Crippen molar-refractivity contribution in [1.82, 2.24) is 0 Å². The van der Waals surface area contributed by atoms with E-state index in [2.05, 4.69) is 4.99 Å². The summed E-state index contributed by atoms with van der Waals surface area (Å²) < 4.78 is 5.23. The van der Waals surface area contributed by atoms with E-state index in [0.717, 1.165) is 16.7 Å². The Morgan fingerprint density at radius 2 is 1.85 bits per heavy atom. The van der Waals surface area contributed by atoms with Crippen LogP contribution in [0.25, 0.3) is 6.08 Å². The molecule has 0 radical (unpaired) electrons. The number of esters is 1. The zero-order valence-electron chi connectivity index (χ0n) is 11.0. The quantitative estimate of drug-likeness (QED) is 0.615. The molecule has 0 bridgehead atoms. The summed E-state index contributed by atoms with van der Waals surface area (Å²) in [6.45, 7) is 1.99. The fourth-order valence-corrected chi connectivity index (χ4v) is 2.02. The van der Waals surface area contributed by atoms with Crippen molar-refractivity contribution in [3.63, 3.8) is 0 Å². The number of aliphatic imine (C=N–C) groups is 1. The molecule has 3 rings (SSSR count). The Kier molecular flexibility index (Phi) is 3.17. The van der Waals surface area contributed by atoms with E-state index in [1.54, 1.807) is 6.08 Å². The number of aryl methyl sites for hydroxylation is 1. The molecule has 0 saturated heterocycles. The Morgan fingerprint density at radius 1 is 1.05 bits per heavy atom. The average molecular weight is 263 g/mol. The second-order valence-electron chi connectivity index (χ2n) is 4.62. The maximum Gasteiger partial charge on any atom is 0.363 e. The number of cyclic esters (lactones) is 1. The van der Waals surface area contributed by atoms with Gasteiger partial charge in [0.05, 0.1) is 0 Å². The predicted octanol–water partition coefficient (Wildman–Crippen LogP) is 3.34. The van der Waals surface area contributed by atoms with E-state index in [9.17, 15) is 4.79 Å². The predicted molar refractivity (Wildman–Crippen MR) is 78.2 cm³/mol. The van der Waals surface area contributed by atoms with Gasteiger partial charge in [-0.15, -0.1) is 0 Å². The molecule has 2 aromatic carbocycles. The van der Waals surface area contributed by atoms with Crippen LogP contribution in [0.2, 0.25) is 0 Å². The summed E-state index contributed by atoms with van der Waals surface area (Å²) in [5.74, 6) is -0.0498. The number of rotatable bonds is 2. The largest absolute Gasteiger partial charge is 0.402 e. The monoisotopic (exact) mass is 263 g/mol. The first-order valence-electron chi connectivity index (χ1n) is 6.37. The van der Waals surface area contributed by atoms with Crippen LogP contribution in [0.1, 0.15) is 16.7 Å². The lowest BCUT2D eigenvalue weighted by atomic mass is 10.1. The summed E-state index contributed by atoms with van der Waals surface area (Å²) in [7, 11) is 0. The van der Waals surface area contributed by atoms with Crippen LogP contribution in [-0.2, 0) is 9.53 Å². The van der Waals surface area contributed by atoms with Crippen LogP contribution in [0.5, 0.6) is 0 Å². The van der Waals surface area contributed by atoms with Crippen LogP contribution >= 0.6 is 0 Å². The maximum absolute atomic E-state index is 11.8. The highest BCUT2D eigenvalue weighted by Gasteiger charge is 2.23. The van der Waals surface area contributed by atoms with Gasteiger partial charge in [0.1, 0.15) is 0 Å². The van der Waals surface area contributed by atoms with Crippen LogP contribution in [-0.4, -0.2) is 11.9 Å². The molecule has 0 atom stereocenters. The molecule has 0 aliphatic carbocycles. The number of hydrogen-bond acceptors (Lipinski definition) is 3. The van der Waals surface area contributed by atoms with Crippen molar-refractivity contribution in [1.29, 1.82) is 0 Å². The molecule has 98 valence electrons. The molecule has 0 unspecified atom stereocenters. The van der Waals surface area contributed by atoms with Gasteiger partial charge in [0, 0.05) is 5.56 Å². The summed E-state index contributed by atoms with van der Waals surface area (Å²) in [5, 5.41) is 0. The zero-order chi connectivity index (χ0) is 13.9. The number of ether oxygens (including phenoxy) is 1. The highest BCUT2D eigenvalue weighted by atomic mass is 16.6. The molecule has 0 fully saturated rings. The van der Waals surface area contributed by atoms with Crippen molar-refractivity contribution in [2.24, 2.45) is 4.99 Å². The lowest BCUT2D eigenvalue weighted by Gasteiger charge is -1.99. The van der Waals surface area contributed by atoms with Crippen molar-refractivity contribution in [3.05, 3.63) is 77.0 Å². The van der Waals surface area contributed by atoms with E-state index in [4.69, 9.17) is 4.74 Å². The Bertz CT molecular complexity index is 715. The SMILES string of the molecule is Cc1cccc(C2=N/C(=C/c3ccccc3)C(=O)O2)c1. The van der Waals surface area contributed by atoms with Gasteiger partial charge in [-0.1, -0.05) is 48.0 Å². The molecule has 1 aliphatic rings. The third kappa shape index (κ3) is 2.52. The minimum Gasteiger partial charge on any atom is -0.402 e. The van der Waals surface area contributed by atoms with E-state index in [-0.39, 0.29) is 0 Å². The third-order valence-electron chi connectivity index (χ3n) is 2.99. The minimum absolute atomic E-state index is 0.327. The van der Waals surface area contributed by atoms with Crippen molar-refractivity contribution in [2.75, 3.05) is 0 Å². The van der Waals surface area contributed by atoms with Crippen LogP contribution in [0, 0.1) is 6.92 Å². The van der Waals surface area contributed by atoms with Gasteiger partial charge in [0.25, 0.3) is 0 Å². The lowest BCUT2D eigenvalue weighted by Crippen LogP contribution is -2.05. The fourth-order valence-electron chi connectivity index (χ4n) is 2.02. The number of benzene rings is 2. The zero-order valence-corrected chi connectivity index (χ0v) is 11.0. The number of hydrogen-bond donors (Lipinski definition) is 0. The summed E-state index contributed by atoms with van der Waals surface area (Å²) in [5.41, 5.74) is 3.16. The van der Waals surface area contributed by atoms with E-state index in [1.165, 1.54) is 0 Å². The van der Waals surface area contributed by atoms with Gasteiger partial charge in [0.2, 0.25) is 5.90 Å². The summed E-state index contributed by atoms with van der Waals surface area (Å²) in [4.78, 5) is 16.1. The lowest BCUT2D eigenvalue weighted by molar-refractivity contribution is -0.129. The molecule has 0 N–H and O–H groups in total. The Labute approximate surface area is 117 Å². The molecule has 1 aliphatic heterocycles. The van der Waals surface area contributed by atoms with Gasteiger partial charge in [-0.2, -0.15) is 0 Å². The Hall–Kier alpha value is -2.68. The van der Waals surface area contributed by atoms with Crippen molar-refractivity contribution in [2.45, 2.75) is 6.92 Å². The van der Waals surface area contributed by atoms with Gasteiger partial charge >= 0.3 is 5.97 Å². The van der Waals surface area contributed by atoms with Crippen molar-refractivity contribution < 1.29 is 9.53 Å². The van der Waals surface area contributed by atoms with Crippen LogP contribution in [0.4, 0.5) is 0 Å². The fraction of sp³-hybridized carbons (Fsp3) is 0.0588. The van der Waals surface area contributed by atoms with Crippen molar-refractivity contribution in [3.8, 4) is 0 Å². The standard InChI is InChI=1S/C17H13NO2/c1-12-6-5-9-14(10-12)16-18-15(17(19)20-16)11-13-7-3-2-4-8-13/h2-11H,1H3/b15-11+. The van der Waals surface area contributed by atoms with E-state index in [1.807, 2.05) is 61.5 Å². The summed E-state index contributed by atoms with van der Waals surface area (Å²) in [6, 6.07) is 17.3. The molecular weight excluding hydrogens is 250 g/mol. The second-order valence-corrected chi connectivity index (χ2v) is 4.62. The molecule has 20 heavy (non-hydrogen) atoms. The number of nitrogens with zero attached hydrogens (tertiary/aromatic N) is 1. The normalized spacial score (nSPS) is 16.1. The molecule has 3 heteroatoms. The molecule has 0 amide bonds. The van der Waals surface area contributed by atoms with Crippen LogP contribution < -0.4 is 0 Å². The van der Waals surface area contributed by atoms with E-state index in [0.29, 0.717) is 11.6 Å². The summed E-state index contributed by atoms with van der Waals surface area (Å²) >= 11 is 0. The minimum atomic E-state index is -0.412. The first-order valence-corrected chi connectivity index (χ1v) is 6.37. The maximum atomic E-state index is 11.8. The highest BCUT2D eigenvalue weighted by molar-refractivity contribution is 6.12. The molecule has 3 nitrogen and oxygen atoms in total. The van der Waals surface area contributed by atoms with Gasteiger partial charge < -0.3 is 4.74 Å². The molecule has 1 heterocycles. The van der Waals surface area contributed by atoms with Crippen LogP contribution in [0.3, 0.4) is 0 Å². The van der Waals surface area contributed by atoms with Gasteiger partial charge in [-0.3, -0.25) is 0 Å². The Balaban J connectivity index is 1.95. The van der Waals surface area contributed by atoms with E-state index < -0.39 is 5.97 Å².